The van der Waals surface area contributed by atoms with Crippen LogP contribution in [0, 0.1) is 5.92 Å². The predicted octanol–water partition coefficient (Wildman–Crippen LogP) is 4.53. The van der Waals surface area contributed by atoms with Crippen molar-refractivity contribution in [2.24, 2.45) is 5.92 Å². The summed E-state index contributed by atoms with van der Waals surface area (Å²) >= 11 is 0. The molecule has 3 rings (SSSR count). The Bertz CT molecular complexity index is 708. The Balaban J connectivity index is 0.00000169. The van der Waals surface area contributed by atoms with Crippen molar-refractivity contribution in [3.63, 3.8) is 0 Å². The fraction of sp³-hybridized carbons (Fsp3) is 0.550. The fourth-order valence-electron chi connectivity index (χ4n) is 3.75. The molecule has 1 atom stereocenters. The van der Waals surface area contributed by atoms with Gasteiger partial charge in [0.15, 0.2) is 0 Å². The zero-order valence-corrected chi connectivity index (χ0v) is 17.5. The quantitative estimate of drug-likeness (QED) is 0.802. The van der Waals surface area contributed by atoms with Gasteiger partial charge in [-0.2, -0.15) is 0 Å². The first kappa shape index (κ1) is 23.0. The molecule has 0 bridgehead atoms. The monoisotopic (exact) mass is 399 g/mol. The third-order valence-electron chi connectivity index (χ3n) is 5.05. The van der Waals surface area contributed by atoms with Gasteiger partial charge in [-0.25, -0.2) is 0 Å². The zero-order valence-electron chi connectivity index (χ0n) is 15.9. The first-order chi connectivity index (χ1) is 11.6. The largest absolute Gasteiger partial charge is 0.314 e. The molecule has 0 radical (unpaired) electrons. The average Bonchev–Trinajstić information content (AvgIpc) is 2.96. The van der Waals surface area contributed by atoms with Crippen molar-refractivity contribution in [1.29, 1.82) is 0 Å². The van der Waals surface area contributed by atoms with Gasteiger partial charge in [-0.1, -0.05) is 32.0 Å². The van der Waals surface area contributed by atoms with Gasteiger partial charge in [0.05, 0.1) is 5.52 Å². The zero-order chi connectivity index (χ0) is 17.1. The van der Waals surface area contributed by atoms with Crippen LogP contribution in [0.15, 0.2) is 30.5 Å². The van der Waals surface area contributed by atoms with Crippen molar-refractivity contribution >= 4 is 41.6 Å². The molecule has 1 fully saturated rings. The second-order valence-electron chi connectivity index (χ2n) is 7.26. The number of carbonyl (C=O) groups is 1. The van der Waals surface area contributed by atoms with E-state index in [1.807, 2.05) is 10.6 Å². The summed E-state index contributed by atoms with van der Waals surface area (Å²) in [6.45, 7) is 10.4. The topological polar surface area (TPSA) is 37.3 Å². The highest BCUT2D eigenvalue weighted by Crippen LogP contribution is 2.34. The van der Waals surface area contributed by atoms with Crippen LogP contribution in [-0.4, -0.2) is 41.6 Å². The summed E-state index contributed by atoms with van der Waals surface area (Å²) < 4.78 is 1.81. The molecule has 2 aromatic rings. The molecule has 0 amide bonds. The van der Waals surface area contributed by atoms with E-state index in [9.17, 15) is 4.79 Å². The standard InChI is InChI=1S/C20H29N3O.2ClH/c1-15(2)8-9-19(22-12-10-21-11-13-22)18-14-23(16(3)24)20-7-5-4-6-17(18)20;;/h4-7,14-15,19,21H,8-13H2,1-3H3;2*1H/t19-;;/m0../s1. The molecular weight excluding hydrogens is 369 g/mol. The summed E-state index contributed by atoms with van der Waals surface area (Å²) in [6.07, 6.45) is 4.43. The summed E-state index contributed by atoms with van der Waals surface area (Å²) in [4.78, 5) is 14.7. The molecule has 1 aromatic heterocycles. The number of benzene rings is 1. The van der Waals surface area contributed by atoms with Gasteiger partial charge in [0.25, 0.3) is 0 Å². The predicted molar refractivity (Wildman–Crippen MR) is 114 cm³/mol. The number of nitrogens with one attached hydrogen (secondary N) is 1. The minimum atomic E-state index is 0. The molecule has 1 N–H and O–H groups in total. The van der Waals surface area contributed by atoms with Crippen molar-refractivity contribution in [2.45, 2.75) is 39.7 Å². The van der Waals surface area contributed by atoms with Crippen molar-refractivity contribution in [1.82, 2.24) is 14.8 Å². The number of hydrogen-bond donors (Lipinski definition) is 1. The number of rotatable bonds is 5. The van der Waals surface area contributed by atoms with E-state index in [4.69, 9.17) is 0 Å². The Morgan fingerprint density at radius 2 is 1.77 bits per heavy atom. The first-order valence-corrected chi connectivity index (χ1v) is 9.13. The summed E-state index contributed by atoms with van der Waals surface area (Å²) in [5.74, 6) is 0.775. The molecule has 0 saturated carbocycles. The molecular formula is C20H31Cl2N3O. The highest BCUT2D eigenvalue weighted by atomic mass is 35.5. The summed E-state index contributed by atoms with van der Waals surface area (Å²) in [6, 6.07) is 8.69. The van der Waals surface area contributed by atoms with Crippen LogP contribution in [0.4, 0.5) is 0 Å². The number of hydrogen-bond acceptors (Lipinski definition) is 3. The number of nitrogens with zero attached hydrogens (tertiary/aromatic N) is 2. The highest BCUT2D eigenvalue weighted by molar-refractivity contribution is 5.93. The number of aromatic nitrogens is 1. The number of halogens is 2. The molecule has 0 spiro atoms. The SMILES string of the molecule is CC(=O)n1cc([C@H](CCC(C)C)N2CCNCC2)c2ccccc21.Cl.Cl. The Labute approximate surface area is 169 Å². The number of para-hydroxylation sites is 1. The summed E-state index contributed by atoms with van der Waals surface area (Å²) in [5, 5.41) is 4.67. The molecule has 146 valence electrons. The molecule has 26 heavy (non-hydrogen) atoms. The first-order valence-electron chi connectivity index (χ1n) is 9.13. The van der Waals surface area contributed by atoms with Crippen LogP contribution in [0.1, 0.15) is 50.0 Å². The Hall–Kier alpha value is -1.07. The van der Waals surface area contributed by atoms with Gasteiger partial charge in [-0.15, -0.1) is 24.8 Å². The lowest BCUT2D eigenvalue weighted by molar-refractivity contribution is 0.0940. The van der Waals surface area contributed by atoms with Crippen molar-refractivity contribution in [3.05, 3.63) is 36.0 Å². The van der Waals surface area contributed by atoms with Crippen LogP contribution in [-0.2, 0) is 0 Å². The lowest BCUT2D eigenvalue weighted by Gasteiger charge is -2.35. The van der Waals surface area contributed by atoms with Gasteiger partial charge in [0.1, 0.15) is 0 Å². The normalized spacial score (nSPS) is 16.2. The Morgan fingerprint density at radius 3 is 2.38 bits per heavy atom. The third kappa shape index (κ3) is 5.01. The minimum Gasteiger partial charge on any atom is -0.314 e. The molecule has 1 saturated heterocycles. The second-order valence-corrected chi connectivity index (χ2v) is 7.26. The lowest BCUT2D eigenvalue weighted by Crippen LogP contribution is -2.45. The molecule has 1 aliphatic rings. The van der Waals surface area contributed by atoms with Gasteiger partial charge in [-0.05, 0) is 30.4 Å². The van der Waals surface area contributed by atoms with Crippen LogP contribution in [0.2, 0.25) is 0 Å². The Kier molecular flexibility index (Phi) is 9.11. The maximum absolute atomic E-state index is 12.1. The second kappa shape index (κ2) is 10.3. The van der Waals surface area contributed by atoms with E-state index in [1.165, 1.54) is 17.4 Å². The molecule has 6 heteroatoms. The van der Waals surface area contributed by atoms with Crippen LogP contribution < -0.4 is 5.32 Å². The summed E-state index contributed by atoms with van der Waals surface area (Å²) in [5.41, 5.74) is 2.34. The Morgan fingerprint density at radius 1 is 1.12 bits per heavy atom. The highest BCUT2D eigenvalue weighted by Gasteiger charge is 2.26. The van der Waals surface area contributed by atoms with Crippen molar-refractivity contribution < 1.29 is 4.79 Å². The van der Waals surface area contributed by atoms with Gasteiger partial charge >= 0.3 is 0 Å². The van der Waals surface area contributed by atoms with E-state index >= 15 is 0 Å². The van der Waals surface area contributed by atoms with Gasteiger partial charge in [0.2, 0.25) is 5.91 Å². The number of piperazine rings is 1. The van der Waals surface area contributed by atoms with E-state index in [0.717, 1.165) is 38.1 Å². The van der Waals surface area contributed by atoms with Crippen LogP contribution in [0.25, 0.3) is 10.9 Å². The van der Waals surface area contributed by atoms with Gasteiger partial charge in [-0.3, -0.25) is 14.3 Å². The van der Waals surface area contributed by atoms with Crippen LogP contribution in [0.3, 0.4) is 0 Å². The molecule has 4 nitrogen and oxygen atoms in total. The van der Waals surface area contributed by atoms with E-state index in [0.29, 0.717) is 12.0 Å². The number of carbonyl (C=O) groups excluding carboxylic acids is 1. The molecule has 1 aliphatic heterocycles. The van der Waals surface area contributed by atoms with Gasteiger partial charge < -0.3 is 5.32 Å². The van der Waals surface area contributed by atoms with E-state index in [2.05, 4.69) is 48.5 Å². The lowest BCUT2D eigenvalue weighted by atomic mass is 9.95. The number of fused-ring (bicyclic) bond motifs is 1. The average molecular weight is 400 g/mol. The summed E-state index contributed by atoms with van der Waals surface area (Å²) in [7, 11) is 0. The van der Waals surface area contributed by atoms with Crippen molar-refractivity contribution in [2.75, 3.05) is 26.2 Å². The van der Waals surface area contributed by atoms with E-state index in [1.54, 1.807) is 6.92 Å². The van der Waals surface area contributed by atoms with Gasteiger partial charge in [0, 0.05) is 50.7 Å². The molecule has 2 heterocycles. The molecule has 1 aromatic carbocycles. The van der Waals surface area contributed by atoms with Crippen LogP contribution >= 0.6 is 24.8 Å². The van der Waals surface area contributed by atoms with E-state index < -0.39 is 0 Å². The third-order valence-corrected chi connectivity index (χ3v) is 5.05. The van der Waals surface area contributed by atoms with Crippen molar-refractivity contribution in [3.8, 4) is 0 Å². The fourth-order valence-corrected chi connectivity index (χ4v) is 3.75. The molecule has 0 aliphatic carbocycles. The minimum absolute atomic E-state index is 0. The maximum atomic E-state index is 12.1. The molecule has 0 unspecified atom stereocenters. The van der Waals surface area contributed by atoms with Crippen LogP contribution in [0.5, 0.6) is 0 Å². The smallest absolute Gasteiger partial charge is 0.227 e. The maximum Gasteiger partial charge on any atom is 0.227 e. The van der Waals surface area contributed by atoms with E-state index in [-0.39, 0.29) is 30.7 Å².